The summed E-state index contributed by atoms with van der Waals surface area (Å²) < 4.78 is 0.754. The summed E-state index contributed by atoms with van der Waals surface area (Å²) in [5.74, 6) is 1.01. The molecule has 4 rings (SSSR count). The molecule has 2 heterocycles. The number of hydrogen-bond donors (Lipinski definition) is 1. The molecule has 0 spiro atoms. The van der Waals surface area contributed by atoms with E-state index in [-0.39, 0.29) is 17.2 Å². The number of carbonyl (C=O) groups is 2. The van der Waals surface area contributed by atoms with Gasteiger partial charge < -0.3 is 10.2 Å². The number of likely N-dealkylation sites (tertiary alicyclic amines) is 1. The van der Waals surface area contributed by atoms with E-state index in [0.717, 1.165) is 48.8 Å². The zero-order chi connectivity index (χ0) is 23.0. The van der Waals surface area contributed by atoms with Gasteiger partial charge in [-0.25, -0.2) is 0 Å². The summed E-state index contributed by atoms with van der Waals surface area (Å²) in [6, 6.07) is 7.41. The summed E-state index contributed by atoms with van der Waals surface area (Å²) >= 11 is 5.09. The van der Waals surface area contributed by atoms with Crippen molar-refractivity contribution >= 4 is 44.1 Å². The zero-order valence-corrected chi connectivity index (χ0v) is 21.9. The van der Waals surface area contributed by atoms with E-state index in [9.17, 15) is 9.59 Å². The first-order valence-electron chi connectivity index (χ1n) is 11.6. The van der Waals surface area contributed by atoms with Gasteiger partial charge in [0.1, 0.15) is 5.00 Å². The molecule has 6 heteroatoms. The van der Waals surface area contributed by atoms with Crippen molar-refractivity contribution in [2.24, 2.45) is 17.3 Å². The first kappa shape index (κ1) is 23.5. The molecule has 32 heavy (non-hydrogen) atoms. The minimum Gasteiger partial charge on any atom is -0.338 e. The second-order valence-corrected chi connectivity index (χ2v) is 12.4. The molecule has 1 fully saturated rings. The van der Waals surface area contributed by atoms with Crippen LogP contribution in [0, 0.1) is 17.3 Å². The lowest BCUT2D eigenvalue weighted by Gasteiger charge is -2.34. The number of amides is 2. The van der Waals surface area contributed by atoms with Gasteiger partial charge in [-0.05, 0) is 83.0 Å². The average Bonchev–Trinajstić information content (AvgIpc) is 3.09. The Kier molecular flexibility index (Phi) is 6.83. The second-order valence-electron chi connectivity index (χ2n) is 10.4. The monoisotopic (exact) mass is 516 g/mol. The fourth-order valence-corrected chi connectivity index (χ4v) is 6.77. The van der Waals surface area contributed by atoms with Gasteiger partial charge in [0.2, 0.25) is 0 Å². The molecule has 2 atom stereocenters. The summed E-state index contributed by atoms with van der Waals surface area (Å²) in [6.07, 6.45) is 5.18. The van der Waals surface area contributed by atoms with E-state index in [2.05, 4.69) is 48.9 Å². The first-order valence-corrected chi connectivity index (χ1v) is 13.3. The van der Waals surface area contributed by atoms with E-state index >= 15 is 0 Å². The van der Waals surface area contributed by atoms with Gasteiger partial charge in [0.15, 0.2) is 0 Å². The maximum Gasteiger partial charge on any atom is 0.257 e. The minimum atomic E-state index is -0.176. The van der Waals surface area contributed by atoms with Crippen LogP contribution in [0.15, 0.2) is 28.7 Å². The molecule has 1 N–H and O–H groups in total. The molecule has 0 saturated carbocycles. The van der Waals surface area contributed by atoms with Crippen LogP contribution in [-0.4, -0.2) is 29.8 Å². The average molecular weight is 518 g/mol. The Morgan fingerprint density at radius 2 is 1.94 bits per heavy atom. The lowest BCUT2D eigenvalue weighted by Crippen LogP contribution is -2.39. The first-order chi connectivity index (χ1) is 15.1. The Balaban J connectivity index is 1.70. The van der Waals surface area contributed by atoms with Crippen molar-refractivity contribution in [2.45, 2.75) is 59.8 Å². The molecule has 2 aliphatic rings. The maximum absolute atomic E-state index is 13.7. The molecule has 2 aromatic rings. The molecule has 1 saturated heterocycles. The van der Waals surface area contributed by atoms with Gasteiger partial charge in [0.25, 0.3) is 11.8 Å². The Hall–Kier alpha value is -1.66. The number of thiophene rings is 1. The Morgan fingerprint density at radius 1 is 1.19 bits per heavy atom. The lowest BCUT2D eigenvalue weighted by molar-refractivity contribution is 0.0683. The summed E-state index contributed by atoms with van der Waals surface area (Å²) in [7, 11) is 0. The number of hydrogen-bond acceptors (Lipinski definition) is 3. The van der Waals surface area contributed by atoms with Crippen molar-refractivity contribution in [1.82, 2.24) is 4.90 Å². The predicted molar refractivity (Wildman–Crippen MR) is 136 cm³/mol. The maximum atomic E-state index is 13.7. The van der Waals surface area contributed by atoms with Crippen molar-refractivity contribution in [3.8, 4) is 0 Å². The van der Waals surface area contributed by atoms with Crippen LogP contribution in [0.4, 0.5) is 5.00 Å². The number of benzene rings is 1. The number of carbonyl (C=O) groups excluding carboxylic acids is 2. The Morgan fingerprint density at radius 3 is 2.62 bits per heavy atom. The van der Waals surface area contributed by atoms with Crippen LogP contribution in [0.5, 0.6) is 0 Å². The van der Waals surface area contributed by atoms with Gasteiger partial charge in [-0.2, -0.15) is 0 Å². The van der Waals surface area contributed by atoms with Crippen molar-refractivity contribution in [3.63, 3.8) is 0 Å². The highest BCUT2D eigenvalue weighted by Gasteiger charge is 2.36. The van der Waals surface area contributed by atoms with Crippen molar-refractivity contribution in [2.75, 3.05) is 18.4 Å². The Bertz CT molecular complexity index is 1020. The third-order valence-corrected chi connectivity index (χ3v) is 8.85. The van der Waals surface area contributed by atoms with E-state index in [1.54, 1.807) is 17.4 Å². The highest BCUT2D eigenvalue weighted by atomic mass is 79.9. The molecule has 1 aromatic carbocycles. The van der Waals surface area contributed by atoms with Crippen LogP contribution >= 0.6 is 27.3 Å². The number of piperidine rings is 1. The third kappa shape index (κ3) is 4.81. The second kappa shape index (κ2) is 9.30. The van der Waals surface area contributed by atoms with Crippen LogP contribution < -0.4 is 5.32 Å². The van der Waals surface area contributed by atoms with E-state index in [0.29, 0.717) is 22.4 Å². The molecular formula is C26H33BrN2O2S. The molecule has 1 aliphatic heterocycles. The van der Waals surface area contributed by atoms with Gasteiger partial charge in [-0.1, -0.05) is 39.8 Å². The quantitative estimate of drug-likeness (QED) is 0.488. The van der Waals surface area contributed by atoms with Crippen LogP contribution in [-0.2, 0) is 12.8 Å². The number of anilines is 1. The lowest BCUT2D eigenvalue weighted by atomic mass is 9.72. The van der Waals surface area contributed by atoms with Crippen LogP contribution in [0.1, 0.15) is 78.1 Å². The summed E-state index contributed by atoms with van der Waals surface area (Å²) in [6.45, 7) is 10.7. The molecule has 1 aromatic heterocycles. The van der Waals surface area contributed by atoms with Gasteiger partial charge in [-0.3, -0.25) is 9.59 Å². The molecule has 0 bridgehead atoms. The normalized spacial score (nSPS) is 21.2. The largest absolute Gasteiger partial charge is 0.338 e. The highest BCUT2D eigenvalue weighted by Crippen LogP contribution is 2.45. The van der Waals surface area contributed by atoms with Gasteiger partial charge in [-0.15, -0.1) is 11.3 Å². The van der Waals surface area contributed by atoms with Crippen LogP contribution in [0.3, 0.4) is 0 Å². The minimum absolute atomic E-state index is 0.0886. The van der Waals surface area contributed by atoms with Gasteiger partial charge in [0, 0.05) is 22.4 Å². The van der Waals surface area contributed by atoms with Crippen molar-refractivity contribution in [3.05, 3.63) is 50.3 Å². The van der Waals surface area contributed by atoms with E-state index in [1.807, 2.05) is 23.1 Å². The SMILES string of the molecule is CC1CCCN(C(=O)c2c(NC(=O)c3ccccc3Br)sc3c2CCC(C(C)(C)C)C3)C1. The summed E-state index contributed by atoms with van der Waals surface area (Å²) in [5.41, 5.74) is 2.72. The Labute approximate surface area is 203 Å². The molecule has 172 valence electrons. The number of nitrogens with one attached hydrogen (secondary N) is 1. The number of rotatable bonds is 3. The number of halogens is 1. The highest BCUT2D eigenvalue weighted by molar-refractivity contribution is 9.10. The topological polar surface area (TPSA) is 49.4 Å². The molecule has 2 amide bonds. The predicted octanol–water partition coefficient (Wildman–Crippen LogP) is 6.79. The standard InChI is InChI=1S/C26H33BrN2O2S/c1-16-8-7-13-29(15-16)25(31)22-19-12-11-17(26(2,3)4)14-21(19)32-24(22)28-23(30)18-9-5-6-10-20(18)27/h5-6,9-10,16-17H,7-8,11-15H2,1-4H3,(H,28,30). The van der Waals surface area contributed by atoms with Crippen LogP contribution in [0.25, 0.3) is 0 Å². The molecule has 4 nitrogen and oxygen atoms in total. The van der Waals surface area contributed by atoms with E-state index in [4.69, 9.17) is 0 Å². The fraction of sp³-hybridized carbons (Fsp3) is 0.538. The van der Waals surface area contributed by atoms with Crippen molar-refractivity contribution < 1.29 is 9.59 Å². The van der Waals surface area contributed by atoms with E-state index < -0.39 is 0 Å². The summed E-state index contributed by atoms with van der Waals surface area (Å²) in [4.78, 5) is 30.1. The van der Waals surface area contributed by atoms with E-state index in [1.165, 1.54) is 16.9 Å². The summed E-state index contributed by atoms with van der Waals surface area (Å²) in [5, 5.41) is 3.83. The molecule has 2 unspecified atom stereocenters. The van der Waals surface area contributed by atoms with Gasteiger partial charge in [0.05, 0.1) is 11.1 Å². The number of fused-ring (bicyclic) bond motifs is 1. The molecular weight excluding hydrogens is 484 g/mol. The molecule has 0 radical (unpaired) electrons. The molecule has 1 aliphatic carbocycles. The number of nitrogens with zero attached hydrogens (tertiary/aromatic N) is 1. The zero-order valence-electron chi connectivity index (χ0n) is 19.5. The van der Waals surface area contributed by atoms with Crippen molar-refractivity contribution in [1.29, 1.82) is 0 Å². The smallest absolute Gasteiger partial charge is 0.257 e. The van der Waals surface area contributed by atoms with Crippen LogP contribution in [0.2, 0.25) is 0 Å². The fourth-order valence-electron chi connectivity index (χ4n) is 4.99. The van der Waals surface area contributed by atoms with Gasteiger partial charge >= 0.3 is 0 Å². The third-order valence-electron chi connectivity index (χ3n) is 6.99.